The largest absolute Gasteiger partial charge is 0.325 e. The van der Waals surface area contributed by atoms with Crippen molar-refractivity contribution in [3.05, 3.63) is 0 Å². The molecule has 0 amide bonds. The molecule has 0 aromatic rings. The van der Waals surface area contributed by atoms with E-state index < -0.39 is 22.8 Å². The van der Waals surface area contributed by atoms with Gasteiger partial charge in [-0.1, -0.05) is 0 Å². The van der Waals surface area contributed by atoms with E-state index in [4.69, 9.17) is 14.7 Å². The molecule has 1 radical (unpaired) electrons. The van der Waals surface area contributed by atoms with Gasteiger partial charge in [-0.25, -0.2) is 0 Å². The molecule has 0 saturated carbocycles. The Morgan fingerprint density at radius 3 is 0.680 bits per heavy atom. The zero-order valence-electron chi connectivity index (χ0n) is 16.4. The van der Waals surface area contributed by atoms with Crippen molar-refractivity contribution in [1.82, 2.24) is 0 Å². The minimum Gasteiger partial charge on any atom is -0.324 e. The Kier molecular flexibility index (Phi) is 21.6. The summed E-state index contributed by atoms with van der Waals surface area (Å²) in [7, 11) is -9.67. The van der Waals surface area contributed by atoms with E-state index in [2.05, 4.69) is 13.6 Å². The van der Waals surface area contributed by atoms with E-state index in [0.717, 1.165) is 0 Å². The summed E-state index contributed by atoms with van der Waals surface area (Å²) in [5.41, 5.74) is 0. The predicted octanol–water partition coefficient (Wildman–Crippen LogP) is 3.68. The molecule has 0 spiro atoms. The fourth-order valence-corrected chi connectivity index (χ4v) is 3.52. The number of hydrogen-bond donors (Lipinski definition) is 3. The van der Waals surface area contributed by atoms with Gasteiger partial charge in [0.25, 0.3) is 0 Å². The van der Waals surface area contributed by atoms with Gasteiger partial charge in [0, 0.05) is 61.3 Å². The molecule has 0 aromatic carbocycles. The Morgan fingerprint density at radius 1 is 0.560 bits per heavy atom. The first kappa shape index (κ1) is 34.3. The SMILES string of the molecule is CC(C)OP(C)(=O)O.CC(C)OP(C)(=O)O.CC(C)OP(C)(=O)O.[Pr]. The van der Waals surface area contributed by atoms with Crippen LogP contribution in [0.25, 0.3) is 0 Å². The number of rotatable bonds is 6. The van der Waals surface area contributed by atoms with Crippen molar-refractivity contribution in [2.75, 3.05) is 20.0 Å². The maximum absolute atomic E-state index is 10.4. The molecular weight excluding hydrogens is 522 g/mol. The molecule has 0 aliphatic rings. The second-order valence-electron chi connectivity index (χ2n) is 5.87. The monoisotopic (exact) mass is 555 g/mol. The summed E-state index contributed by atoms with van der Waals surface area (Å²) in [4.78, 5) is 25.6. The van der Waals surface area contributed by atoms with Gasteiger partial charge in [-0.2, -0.15) is 0 Å². The van der Waals surface area contributed by atoms with E-state index in [1.165, 1.54) is 20.0 Å². The van der Waals surface area contributed by atoms with Crippen LogP contribution in [-0.4, -0.2) is 53.0 Å². The van der Waals surface area contributed by atoms with Gasteiger partial charge < -0.3 is 28.3 Å². The molecule has 25 heavy (non-hydrogen) atoms. The van der Waals surface area contributed by atoms with Gasteiger partial charge in [0.1, 0.15) is 0 Å². The quantitative estimate of drug-likeness (QED) is 0.419. The zero-order valence-corrected chi connectivity index (χ0v) is 22.8. The molecular formula is C12H33O9P3Pr. The van der Waals surface area contributed by atoms with Gasteiger partial charge in [-0.3, -0.25) is 13.7 Å². The Morgan fingerprint density at radius 2 is 0.680 bits per heavy atom. The molecule has 0 saturated heterocycles. The molecule has 0 rings (SSSR count). The van der Waals surface area contributed by atoms with Crippen molar-refractivity contribution in [2.45, 2.75) is 59.9 Å². The summed E-state index contributed by atoms with van der Waals surface area (Å²) in [6, 6.07) is 0. The van der Waals surface area contributed by atoms with Crippen LogP contribution < -0.4 is 0 Å². The fourth-order valence-electron chi connectivity index (χ4n) is 1.17. The van der Waals surface area contributed by atoms with Crippen LogP contribution in [0.4, 0.5) is 0 Å². The van der Waals surface area contributed by atoms with E-state index in [0.29, 0.717) is 0 Å². The fraction of sp³-hybridized carbons (Fsp3) is 1.00. The average Bonchev–Trinajstić information content (AvgIpc) is 2.04. The van der Waals surface area contributed by atoms with E-state index in [9.17, 15) is 13.7 Å². The van der Waals surface area contributed by atoms with Crippen LogP contribution in [0.1, 0.15) is 41.5 Å². The molecule has 0 heterocycles. The average molecular weight is 555 g/mol. The molecule has 0 bridgehead atoms. The maximum atomic E-state index is 10.4. The van der Waals surface area contributed by atoms with E-state index >= 15 is 0 Å². The van der Waals surface area contributed by atoms with Gasteiger partial charge in [-0.05, 0) is 41.5 Å². The summed E-state index contributed by atoms with van der Waals surface area (Å²) in [6.07, 6.45) is -0.512. The molecule has 3 atom stereocenters. The second kappa shape index (κ2) is 15.7. The molecule has 0 aliphatic carbocycles. The van der Waals surface area contributed by atoms with Crippen LogP contribution in [0.5, 0.6) is 0 Å². The van der Waals surface area contributed by atoms with Crippen molar-refractivity contribution in [3.8, 4) is 0 Å². The normalized spacial score (nSPS) is 17.9. The summed E-state index contributed by atoms with van der Waals surface area (Å²) in [5, 5.41) is 0. The topological polar surface area (TPSA) is 140 Å². The molecule has 153 valence electrons. The van der Waals surface area contributed by atoms with Crippen molar-refractivity contribution < 1.29 is 83.2 Å². The van der Waals surface area contributed by atoms with Crippen molar-refractivity contribution in [3.63, 3.8) is 0 Å². The van der Waals surface area contributed by atoms with Crippen molar-refractivity contribution >= 4 is 22.8 Å². The van der Waals surface area contributed by atoms with Gasteiger partial charge >= 0.3 is 22.8 Å². The van der Waals surface area contributed by atoms with Crippen molar-refractivity contribution in [2.24, 2.45) is 0 Å². The third kappa shape index (κ3) is 51.8. The van der Waals surface area contributed by atoms with Crippen LogP contribution in [0.15, 0.2) is 0 Å². The third-order valence-corrected chi connectivity index (χ3v) is 3.66. The summed E-state index contributed by atoms with van der Waals surface area (Å²) < 4.78 is 44.7. The first-order chi connectivity index (χ1) is 10.2. The van der Waals surface area contributed by atoms with Crippen LogP contribution in [0, 0.1) is 41.3 Å². The minimum absolute atomic E-state index is 0. The Bertz CT molecular complexity index is 384. The summed E-state index contributed by atoms with van der Waals surface area (Å²) in [5.74, 6) is 0. The smallest absolute Gasteiger partial charge is 0.324 e. The molecule has 13 heteroatoms. The second-order valence-corrected chi connectivity index (χ2v) is 11.3. The predicted molar refractivity (Wildman–Crippen MR) is 95.9 cm³/mol. The Hall–Kier alpha value is 1.81. The van der Waals surface area contributed by atoms with Crippen LogP contribution in [0.3, 0.4) is 0 Å². The van der Waals surface area contributed by atoms with E-state index in [1.807, 2.05) is 0 Å². The zero-order chi connectivity index (χ0) is 20.4. The standard InChI is InChI=1S/3C4H11O3P.Pr/c3*1-4(2)7-8(3,5)6;/h3*4H,1-3H3,(H,5,6);. The molecule has 0 aliphatic heterocycles. The van der Waals surface area contributed by atoms with Gasteiger partial charge in [-0.15, -0.1) is 0 Å². The van der Waals surface area contributed by atoms with Gasteiger partial charge in [0.05, 0.1) is 18.3 Å². The number of hydrogen-bond acceptors (Lipinski definition) is 6. The molecule has 9 nitrogen and oxygen atoms in total. The van der Waals surface area contributed by atoms with Crippen LogP contribution in [0.2, 0.25) is 0 Å². The molecule has 3 N–H and O–H groups in total. The Balaban J connectivity index is -0.000000130. The van der Waals surface area contributed by atoms with Gasteiger partial charge in [0.2, 0.25) is 0 Å². The molecule has 0 aromatic heterocycles. The van der Waals surface area contributed by atoms with Crippen LogP contribution >= 0.6 is 22.8 Å². The van der Waals surface area contributed by atoms with Gasteiger partial charge in [0.15, 0.2) is 0 Å². The summed E-state index contributed by atoms with van der Waals surface area (Å²) in [6.45, 7) is 13.8. The molecule has 3 unspecified atom stereocenters. The minimum atomic E-state index is -3.22. The Labute approximate surface area is 184 Å². The molecule has 0 fully saturated rings. The van der Waals surface area contributed by atoms with E-state index in [1.54, 1.807) is 41.5 Å². The third-order valence-electron chi connectivity index (χ3n) is 1.22. The van der Waals surface area contributed by atoms with E-state index in [-0.39, 0.29) is 59.6 Å². The summed E-state index contributed by atoms with van der Waals surface area (Å²) >= 11 is 0. The van der Waals surface area contributed by atoms with Crippen molar-refractivity contribution in [1.29, 1.82) is 0 Å². The first-order valence-electron chi connectivity index (χ1n) is 7.21. The maximum Gasteiger partial charge on any atom is 0.325 e. The van der Waals surface area contributed by atoms with Crippen LogP contribution in [-0.2, 0) is 27.3 Å². The first-order valence-corrected chi connectivity index (χ1v) is 13.3.